The molecule has 0 aliphatic heterocycles. The van der Waals surface area contributed by atoms with Gasteiger partial charge in [0, 0.05) is 20.1 Å². The molecule has 1 amide bonds. The van der Waals surface area contributed by atoms with Crippen molar-refractivity contribution in [3.63, 3.8) is 0 Å². The Morgan fingerprint density at radius 2 is 2.17 bits per heavy atom. The van der Waals surface area contributed by atoms with Crippen molar-refractivity contribution in [2.75, 3.05) is 20.6 Å². The lowest BCUT2D eigenvalue weighted by Crippen LogP contribution is -2.38. The van der Waals surface area contributed by atoms with Crippen LogP contribution < -0.4 is 5.32 Å². The molecule has 0 radical (unpaired) electrons. The van der Waals surface area contributed by atoms with Crippen molar-refractivity contribution in [3.8, 4) is 0 Å². The first-order valence-corrected chi connectivity index (χ1v) is 4.55. The van der Waals surface area contributed by atoms with Gasteiger partial charge in [-0.1, -0.05) is 0 Å². The van der Waals surface area contributed by atoms with Gasteiger partial charge in [-0.2, -0.15) is 0 Å². The van der Waals surface area contributed by atoms with E-state index >= 15 is 0 Å². The highest BCUT2D eigenvalue weighted by Crippen LogP contribution is 2.32. The molecule has 0 aromatic rings. The number of carbonyl (C=O) groups excluding carboxylic acids is 1. The molecule has 1 aliphatic rings. The standard InChI is InChI=1S/C9H18N2O/c1-7(8-4-5-8)10-6-9(12)11(2)3/h7-8,10H,4-6H2,1-3H3/t7-/m0/s1. The Labute approximate surface area is 74.1 Å². The van der Waals surface area contributed by atoms with Gasteiger partial charge in [-0.15, -0.1) is 0 Å². The van der Waals surface area contributed by atoms with Crippen molar-refractivity contribution >= 4 is 5.91 Å². The lowest BCUT2D eigenvalue weighted by atomic mass is 10.2. The molecule has 1 N–H and O–H groups in total. The molecule has 3 heteroatoms. The van der Waals surface area contributed by atoms with Crippen LogP contribution in [0, 0.1) is 5.92 Å². The summed E-state index contributed by atoms with van der Waals surface area (Å²) in [6.07, 6.45) is 2.65. The van der Waals surface area contributed by atoms with Crippen molar-refractivity contribution in [2.24, 2.45) is 5.92 Å². The molecule has 3 nitrogen and oxygen atoms in total. The zero-order valence-corrected chi connectivity index (χ0v) is 8.13. The third kappa shape index (κ3) is 2.81. The number of hydrogen-bond donors (Lipinski definition) is 1. The van der Waals surface area contributed by atoms with E-state index in [0.29, 0.717) is 12.6 Å². The molecule has 0 unspecified atom stereocenters. The molecule has 12 heavy (non-hydrogen) atoms. The first-order chi connectivity index (χ1) is 5.61. The quantitative estimate of drug-likeness (QED) is 0.665. The Hall–Kier alpha value is -0.570. The van der Waals surface area contributed by atoms with Crippen LogP contribution in [0.1, 0.15) is 19.8 Å². The van der Waals surface area contributed by atoms with Gasteiger partial charge in [-0.25, -0.2) is 0 Å². The first kappa shape index (κ1) is 9.52. The third-order valence-corrected chi connectivity index (χ3v) is 2.40. The second-order valence-electron chi connectivity index (χ2n) is 3.80. The summed E-state index contributed by atoms with van der Waals surface area (Å²) in [4.78, 5) is 12.8. The molecule has 0 aromatic carbocycles. The van der Waals surface area contributed by atoms with Gasteiger partial charge >= 0.3 is 0 Å². The molecule has 0 bridgehead atoms. The van der Waals surface area contributed by atoms with Crippen LogP contribution >= 0.6 is 0 Å². The summed E-state index contributed by atoms with van der Waals surface area (Å²) in [6, 6.07) is 0.508. The highest BCUT2D eigenvalue weighted by atomic mass is 16.2. The molecular weight excluding hydrogens is 152 g/mol. The van der Waals surface area contributed by atoms with Gasteiger partial charge in [-0.3, -0.25) is 4.79 Å². The number of hydrogen-bond acceptors (Lipinski definition) is 2. The lowest BCUT2D eigenvalue weighted by Gasteiger charge is -2.15. The van der Waals surface area contributed by atoms with Crippen molar-refractivity contribution in [3.05, 3.63) is 0 Å². The van der Waals surface area contributed by atoms with Crippen LogP contribution in [0.4, 0.5) is 0 Å². The fraction of sp³-hybridized carbons (Fsp3) is 0.889. The van der Waals surface area contributed by atoms with Gasteiger partial charge in [0.05, 0.1) is 6.54 Å². The molecule has 1 rings (SSSR count). The molecule has 0 spiro atoms. The first-order valence-electron chi connectivity index (χ1n) is 4.55. The van der Waals surface area contributed by atoms with Crippen LogP contribution in [0.5, 0.6) is 0 Å². The van der Waals surface area contributed by atoms with Gasteiger partial charge in [0.15, 0.2) is 0 Å². The monoisotopic (exact) mass is 170 g/mol. The Balaban J connectivity index is 2.11. The Kier molecular flexibility index (Phi) is 3.09. The van der Waals surface area contributed by atoms with E-state index in [1.165, 1.54) is 12.8 Å². The van der Waals surface area contributed by atoms with E-state index in [-0.39, 0.29) is 5.91 Å². The average Bonchev–Trinajstić information content (AvgIpc) is 2.81. The summed E-state index contributed by atoms with van der Waals surface area (Å²) < 4.78 is 0. The maximum Gasteiger partial charge on any atom is 0.236 e. The minimum Gasteiger partial charge on any atom is -0.348 e. The number of carbonyl (C=O) groups is 1. The molecule has 1 saturated carbocycles. The average molecular weight is 170 g/mol. The predicted molar refractivity (Wildman–Crippen MR) is 48.9 cm³/mol. The Morgan fingerprint density at radius 3 is 2.58 bits per heavy atom. The van der Waals surface area contributed by atoms with Crippen molar-refractivity contribution in [1.82, 2.24) is 10.2 Å². The summed E-state index contributed by atoms with van der Waals surface area (Å²) in [5.74, 6) is 0.975. The Morgan fingerprint density at radius 1 is 1.58 bits per heavy atom. The van der Waals surface area contributed by atoms with E-state index in [2.05, 4.69) is 12.2 Å². The number of likely N-dealkylation sites (N-methyl/N-ethyl adjacent to an activating group) is 1. The van der Waals surface area contributed by atoms with Crippen molar-refractivity contribution in [2.45, 2.75) is 25.8 Å². The topological polar surface area (TPSA) is 32.3 Å². The number of rotatable bonds is 4. The molecule has 1 aliphatic carbocycles. The van der Waals surface area contributed by atoms with E-state index in [1.807, 2.05) is 0 Å². The fourth-order valence-electron chi connectivity index (χ4n) is 1.17. The van der Waals surface area contributed by atoms with Crippen LogP contribution in [0.2, 0.25) is 0 Å². The fourth-order valence-corrected chi connectivity index (χ4v) is 1.17. The van der Waals surface area contributed by atoms with Gasteiger partial charge < -0.3 is 10.2 Å². The van der Waals surface area contributed by atoms with Gasteiger partial charge in [0.1, 0.15) is 0 Å². The van der Waals surface area contributed by atoms with Gasteiger partial charge in [0.25, 0.3) is 0 Å². The van der Waals surface area contributed by atoms with Crippen LogP contribution in [0.3, 0.4) is 0 Å². The zero-order valence-electron chi connectivity index (χ0n) is 8.13. The summed E-state index contributed by atoms with van der Waals surface area (Å²) in [5.41, 5.74) is 0. The maximum absolute atomic E-state index is 11.2. The zero-order chi connectivity index (χ0) is 9.14. The second kappa shape index (κ2) is 3.90. The maximum atomic E-state index is 11.2. The predicted octanol–water partition coefficient (Wildman–Crippen LogP) is 0.463. The highest BCUT2D eigenvalue weighted by Gasteiger charge is 2.27. The minimum absolute atomic E-state index is 0.155. The van der Waals surface area contributed by atoms with Crippen LogP contribution in [0.25, 0.3) is 0 Å². The largest absolute Gasteiger partial charge is 0.348 e. The second-order valence-corrected chi connectivity index (χ2v) is 3.80. The van der Waals surface area contributed by atoms with E-state index in [9.17, 15) is 4.79 Å². The molecule has 70 valence electrons. The Bertz CT molecular complexity index is 164. The van der Waals surface area contributed by atoms with E-state index in [1.54, 1.807) is 19.0 Å². The third-order valence-electron chi connectivity index (χ3n) is 2.40. The van der Waals surface area contributed by atoms with Gasteiger partial charge in [0.2, 0.25) is 5.91 Å². The van der Waals surface area contributed by atoms with Crippen LogP contribution in [-0.2, 0) is 4.79 Å². The van der Waals surface area contributed by atoms with E-state index in [4.69, 9.17) is 0 Å². The number of nitrogens with zero attached hydrogens (tertiary/aromatic N) is 1. The number of nitrogens with one attached hydrogen (secondary N) is 1. The van der Waals surface area contributed by atoms with Gasteiger partial charge in [-0.05, 0) is 25.7 Å². The lowest BCUT2D eigenvalue weighted by molar-refractivity contribution is -0.127. The summed E-state index contributed by atoms with van der Waals surface area (Å²) in [7, 11) is 3.57. The molecule has 0 saturated heterocycles. The molecule has 0 heterocycles. The van der Waals surface area contributed by atoms with Crippen LogP contribution in [0.15, 0.2) is 0 Å². The smallest absolute Gasteiger partial charge is 0.236 e. The SMILES string of the molecule is C[C@H](NCC(=O)N(C)C)C1CC1. The van der Waals surface area contributed by atoms with E-state index < -0.39 is 0 Å². The number of amides is 1. The highest BCUT2D eigenvalue weighted by molar-refractivity contribution is 5.77. The van der Waals surface area contributed by atoms with Crippen molar-refractivity contribution in [1.29, 1.82) is 0 Å². The summed E-state index contributed by atoms with van der Waals surface area (Å²) in [5, 5.41) is 3.23. The van der Waals surface area contributed by atoms with Crippen molar-refractivity contribution < 1.29 is 4.79 Å². The molecular formula is C9H18N2O. The van der Waals surface area contributed by atoms with Crippen LogP contribution in [-0.4, -0.2) is 37.5 Å². The summed E-state index contributed by atoms with van der Waals surface area (Å²) >= 11 is 0. The summed E-state index contributed by atoms with van der Waals surface area (Å²) in [6.45, 7) is 2.63. The minimum atomic E-state index is 0.155. The van der Waals surface area contributed by atoms with E-state index in [0.717, 1.165) is 5.92 Å². The molecule has 1 fully saturated rings. The molecule has 1 atom stereocenters. The normalized spacial score (nSPS) is 18.9. The molecule has 0 aromatic heterocycles.